The molecule has 1 N–H and O–H groups in total. The van der Waals surface area contributed by atoms with Crippen LogP contribution < -0.4 is 10.2 Å². The summed E-state index contributed by atoms with van der Waals surface area (Å²) in [6.45, 7) is 6.24. The maximum atomic E-state index is 12.7. The predicted octanol–water partition coefficient (Wildman–Crippen LogP) is 4.27. The number of aromatic nitrogens is 1. The molecule has 1 aromatic carbocycles. The van der Waals surface area contributed by atoms with Gasteiger partial charge < -0.3 is 5.32 Å². The van der Waals surface area contributed by atoms with Gasteiger partial charge in [0.2, 0.25) is 11.8 Å². The van der Waals surface area contributed by atoms with Crippen molar-refractivity contribution >= 4 is 51.0 Å². The van der Waals surface area contributed by atoms with Gasteiger partial charge >= 0.3 is 0 Å². The number of anilines is 2. The van der Waals surface area contributed by atoms with E-state index in [9.17, 15) is 9.59 Å². The standard InChI is InChI=1S/C19H22BrN3O2S/c1-4-23(17-10-7-15(20)11-21-17)19(25)14(3)26-12-18(24)22-16-8-5-13(2)6-9-16/h5-11,14H,4,12H2,1-3H3,(H,22,24). The zero-order valence-corrected chi connectivity index (χ0v) is 17.4. The maximum absolute atomic E-state index is 12.7. The highest BCUT2D eigenvalue weighted by Gasteiger charge is 2.22. The number of benzene rings is 1. The Kier molecular flexibility index (Phi) is 7.66. The number of amides is 2. The molecule has 1 heterocycles. The van der Waals surface area contributed by atoms with Gasteiger partial charge in [-0.25, -0.2) is 4.98 Å². The van der Waals surface area contributed by atoms with Crippen molar-refractivity contribution in [2.75, 3.05) is 22.5 Å². The van der Waals surface area contributed by atoms with Crippen molar-refractivity contribution in [3.63, 3.8) is 0 Å². The van der Waals surface area contributed by atoms with Gasteiger partial charge in [0.1, 0.15) is 5.82 Å². The van der Waals surface area contributed by atoms with E-state index in [1.165, 1.54) is 11.8 Å². The van der Waals surface area contributed by atoms with E-state index in [2.05, 4.69) is 26.2 Å². The highest BCUT2D eigenvalue weighted by Crippen LogP contribution is 2.20. The number of rotatable bonds is 7. The molecule has 0 bridgehead atoms. The fraction of sp³-hybridized carbons (Fsp3) is 0.316. The molecule has 0 aliphatic rings. The van der Waals surface area contributed by atoms with Gasteiger partial charge in [-0.05, 0) is 61.0 Å². The van der Waals surface area contributed by atoms with Gasteiger partial charge in [0, 0.05) is 22.9 Å². The van der Waals surface area contributed by atoms with E-state index >= 15 is 0 Å². The summed E-state index contributed by atoms with van der Waals surface area (Å²) in [6.07, 6.45) is 1.66. The highest BCUT2D eigenvalue weighted by molar-refractivity contribution is 9.10. The van der Waals surface area contributed by atoms with Crippen molar-refractivity contribution in [3.05, 3.63) is 52.6 Å². The Morgan fingerprint density at radius 2 is 1.92 bits per heavy atom. The molecule has 0 spiro atoms. The fourth-order valence-electron chi connectivity index (χ4n) is 2.28. The zero-order chi connectivity index (χ0) is 19.1. The van der Waals surface area contributed by atoms with Crippen LogP contribution >= 0.6 is 27.7 Å². The highest BCUT2D eigenvalue weighted by atomic mass is 79.9. The zero-order valence-electron chi connectivity index (χ0n) is 15.0. The number of pyridine rings is 1. The molecule has 0 aliphatic carbocycles. The third kappa shape index (κ3) is 5.85. The second kappa shape index (κ2) is 9.73. The number of nitrogens with one attached hydrogen (secondary N) is 1. The molecule has 1 aromatic heterocycles. The minimum atomic E-state index is -0.343. The molecule has 138 valence electrons. The number of thioether (sulfide) groups is 1. The van der Waals surface area contributed by atoms with Crippen molar-refractivity contribution in [3.8, 4) is 0 Å². The summed E-state index contributed by atoms with van der Waals surface area (Å²) in [5, 5.41) is 2.50. The van der Waals surface area contributed by atoms with Gasteiger partial charge in [0.25, 0.3) is 0 Å². The largest absolute Gasteiger partial charge is 0.325 e. The number of carbonyl (C=O) groups is 2. The quantitative estimate of drug-likeness (QED) is 0.705. The van der Waals surface area contributed by atoms with Crippen molar-refractivity contribution in [1.82, 2.24) is 4.98 Å². The Balaban J connectivity index is 1.89. The first-order valence-corrected chi connectivity index (χ1v) is 10.2. The Hall–Kier alpha value is -1.86. The summed E-state index contributed by atoms with van der Waals surface area (Å²) in [5.41, 5.74) is 1.90. The first kappa shape index (κ1) is 20.5. The lowest BCUT2D eigenvalue weighted by Crippen LogP contribution is -2.37. The Labute approximate surface area is 166 Å². The SMILES string of the molecule is CCN(C(=O)C(C)SCC(=O)Nc1ccc(C)cc1)c1ccc(Br)cn1. The summed E-state index contributed by atoms with van der Waals surface area (Å²) in [6, 6.07) is 11.3. The van der Waals surface area contributed by atoms with Gasteiger partial charge in [-0.2, -0.15) is 0 Å². The fourth-order valence-corrected chi connectivity index (χ4v) is 3.26. The van der Waals surface area contributed by atoms with Gasteiger partial charge in [0.05, 0.1) is 11.0 Å². The van der Waals surface area contributed by atoms with Crippen molar-refractivity contribution in [2.24, 2.45) is 0 Å². The molecule has 1 unspecified atom stereocenters. The number of nitrogens with zero attached hydrogens (tertiary/aromatic N) is 2. The van der Waals surface area contributed by atoms with Crippen LogP contribution in [0, 0.1) is 6.92 Å². The monoisotopic (exact) mass is 435 g/mol. The topological polar surface area (TPSA) is 62.3 Å². The van der Waals surface area contributed by atoms with Gasteiger partial charge in [0.15, 0.2) is 0 Å². The van der Waals surface area contributed by atoms with Crippen LogP contribution in [0.1, 0.15) is 19.4 Å². The van der Waals surface area contributed by atoms with Crippen LogP contribution in [-0.4, -0.2) is 34.3 Å². The number of hydrogen-bond acceptors (Lipinski definition) is 4. The molecule has 1 atom stereocenters. The van der Waals surface area contributed by atoms with E-state index in [0.29, 0.717) is 12.4 Å². The van der Waals surface area contributed by atoms with Gasteiger partial charge in [-0.1, -0.05) is 17.7 Å². The summed E-state index contributed by atoms with van der Waals surface area (Å²) in [7, 11) is 0. The lowest BCUT2D eigenvalue weighted by molar-refractivity contribution is -0.117. The molecule has 2 rings (SSSR count). The second-order valence-corrected chi connectivity index (χ2v) is 8.03. The lowest BCUT2D eigenvalue weighted by atomic mass is 10.2. The summed E-state index contributed by atoms with van der Waals surface area (Å²) in [4.78, 5) is 30.7. The van der Waals surface area contributed by atoms with Crippen molar-refractivity contribution < 1.29 is 9.59 Å². The maximum Gasteiger partial charge on any atom is 0.240 e. The van der Waals surface area contributed by atoms with Crippen LogP contribution in [0.25, 0.3) is 0 Å². The first-order valence-electron chi connectivity index (χ1n) is 8.31. The van der Waals surface area contributed by atoms with Crippen molar-refractivity contribution in [1.29, 1.82) is 0 Å². The summed E-state index contributed by atoms with van der Waals surface area (Å²) < 4.78 is 0.861. The van der Waals surface area contributed by atoms with Crippen LogP contribution in [0.3, 0.4) is 0 Å². The van der Waals surface area contributed by atoms with E-state index in [-0.39, 0.29) is 22.8 Å². The Bertz CT molecular complexity index is 750. The molecule has 5 nitrogen and oxygen atoms in total. The first-order chi connectivity index (χ1) is 12.4. The number of halogens is 1. The van der Waals surface area contributed by atoms with E-state index in [1.54, 1.807) is 17.2 Å². The van der Waals surface area contributed by atoms with E-state index in [0.717, 1.165) is 15.7 Å². The molecule has 0 fully saturated rings. The van der Waals surface area contributed by atoms with Crippen molar-refractivity contribution in [2.45, 2.75) is 26.0 Å². The number of hydrogen-bond donors (Lipinski definition) is 1. The lowest BCUT2D eigenvalue weighted by Gasteiger charge is -2.23. The number of carbonyl (C=O) groups excluding carboxylic acids is 2. The summed E-state index contributed by atoms with van der Waals surface area (Å²) >= 11 is 4.66. The minimum absolute atomic E-state index is 0.0598. The molecule has 7 heteroatoms. The average molecular weight is 436 g/mol. The van der Waals surface area contributed by atoms with Crippen LogP contribution in [-0.2, 0) is 9.59 Å². The molecule has 2 aromatic rings. The Morgan fingerprint density at radius 3 is 2.50 bits per heavy atom. The van der Waals surface area contributed by atoms with Crippen LogP contribution in [0.2, 0.25) is 0 Å². The Morgan fingerprint density at radius 1 is 1.23 bits per heavy atom. The molecular weight excluding hydrogens is 414 g/mol. The molecule has 0 radical (unpaired) electrons. The predicted molar refractivity (Wildman–Crippen MR) is 112 cm³/mol. The normalized spacial score (nSPS) is 11.7. The molecular formula is C19H22BrN3O2S. The summed E-state index contributed by atoms with van der Waals surface area (Å²) in [5.74, 6) is 0.641. The second-order valence-electron chi connectivity index (χ2n) is 5.78. The van der Waals surface area contributed by atoms with Crippen LogP contribution in [0.15, 0.2) is 47.1 Å². The smallest absolute Gasteiger partial charge is 0.240 e. The molecule has 0 aliphatic heterocycles. The van der Waals surface area contributed by atoms with Gasteiger partial charge in [-0.15, -0.1) is 11.8 Å². The molecule has 2 amide bonds. The van der Waals surface area contributed by atoms with E-state index in [4.69, 9.17) is 0 Å². The van der Waals surface area contributed by atoms with Crippen LogP contribution in [0.5, 0.6) is 0 Å². The van der Waals surface area contributed by atoms with Crippen LogP contribution in [0.4, 0.5) is 11.5 Å². The third-order valence-electron chi connectivity index (χ3n) is 3.72. The molecule has 0 saturated carbocycles. The molecule has 0 saturated heterocycles. The van der Waals surface area contributed by atoms with E-state index < -0.39 is 0 Å². The molecule has 26 heavy (non-hydrogen) atoms. The van der Waals surface area contributed by atoms with Gasteiger partial charge in [-0.3, -0.25) is 14.5 Å². The third-order valence-corrected chi connectivity index (χ3v) is 5.32. The number of aryl methyl sites for hydroxylation is 1. The average Bonchev–Trinajstić information content (AvgIpc) is 2.63. The minimum Gasteiger partial charge on any atom is -0.325 e. The van der Waals surface area contributed by atoms with E-state index in [1.807, 2.05) is 51.1 Å².